The number of hydrogen-bond donors (Lipinski definition) is 1. The minimum atomic E-state index is 0.700. The minimum Gasteiger partial charge on any atom is -0.361 e. The van der Waals surface area contributed by atoms with Gasteiger partial charge in [0.25, 0.3) is 0 Å². The molecule has 1 saturated heterocycles. The molecular formula is C21H24N2S. The summed E-state index contributed by atoms with van der Waals surface area (Å²) in [6.07, 6.45) is 4.77. The number of aromatic amines is 1. The molecule has 124 valence electrons. The highest BCUT2D eigenvalue weighted by Gasteiger charge is 2.21. The van der Waals surface area contributed by atoms with Gasteiger partial charge in [-0.15, -0.1) is 0 Å². The SMILES string of the molecule is Cc1ccc(Sc2ccc3c(C4CCN(C)CC4)c[nH]c3c2)cc1. The zero-order chi connectivity index (χ0) is 16.5. The average Bonchev–Trinajstić information content (AvgIpc) is 3.01. The van der Waals surface area contributed by atoms with Crippen LogP contribution in [0.4, 0.5) is 0 Å². The van der Waals surface area contributed by atoms with Crippen LogP contribution < -0.4 is 0 Å². The van der Waals surface area contributed by atoms with Crippen LogP contribution in [0.25, 0.3) is 10.9 Å². The Balaban J connectivity index is 1.57. The molecule has 0 aliphatic carbocycles. The van der Waals surface area contributed by atoms with E-state index >= 15 is 0 Å². The van der Waals surface area contributed by atoms with E-state index in [9.17, 15) is 0 Å². The van der Waals surface area contributed by atoms with Crippen LogP contribution in [0.2, 0.25) is 0 Å². The van der Waals surface area contributed by atoms with E-state index in [1.165, 1.54) is 57.8 Å². The smallest absolute Gasteiger partial charge is 0.0468 e. The fraction of sp³-hybridized carbons (Fsp3) is 0.333. The van der Waals surface area contributed by atoms with E-state index in [0.29, 0.717) is 5.92 Å². The second kappa shape index (κ2) is 6.66. The number of H-pyrrole nitrogens is 1. The van der Waals surface area contributed by atoms with Gasteiger partial charge in [-0.3, -0.25) is 0 Å². The summed E-state index contributed by atoms with van der Waals surface area (Å²) >= 11 is 1.83. The molecule has 24 heavy (non-hydrogen) atoms. The average molecular weight is 337 g/mol. The van der Waals surface area contributed by atoms with Crippen LogP contribution >= 0.6 is 11.8 Å². The Bertz CT molecular complexity index is 827. The molecule has 0 unspecified atom stereocenters. The molecule has 0 saturated carbocycles. The Hall–Kier alpha value is -1.71. The Morgan fingerprint density at radius 2 is 1.71 bits per heavy atom. The summed E-state index contributed by atoms with van der Waals surface area (Å²) in [6, 6.07) is 15.6. The van der Waals surface area contributed by atoms with E-state index in [-0.39, 0.29) is 0 Å². The van der Waals surface area contributed by atoms with Gasteiger partial charge in [-0.1, -0.05) is 35.5 Å². The molecule has 1 aliphatic heterocycles. The van der Waals surface area contributed by atoms with Gasteiger partial charge in [0.2, 0.25) is 0 Å². The molecule has 2 heterocycles. The molecule has 0 atom stereocenters. The van der Waals surface area contributed by atoms with Gasteiger partial charge in [0.15, 0.2) is 0 Å². The highest BCUT2D eigenvalue weighted by Crippen LogP contribution is 2.35. The summed E-state index contributed by atoms with van der Waals surface area (Å²) in [5, 5.41) is 1.40. The zero-order valence-corrected chi connectivity index (χ0v) is 15.2. The number of rotatable bonds is 3. The number of aromatic nitrogens is 1. The largest absolute Gasteiger partial charge is 0.361 e. The fourth-order valence-electron chi connectivity index (χ4n) is 3.59. The van der Waals surface area contributed by atoms with Crippen LogP contribution in [0.5, 0.6) is 0 Å². The number of fused-ring (bicyclic) bond motifs is 1. The molecule has 0 radical (unpaired) electrons. The topological polar surface area (TPSA) is 19.0 Å². The van der Waals surface area contributed by atoms with Gasteiger partial charge in [-0.25, -0.2) is 0 Å². The first-order valence-electron chi connectivity index (χ1n) is 8.73. The van der Waals surface area contributed by atoms with Crippen molar-refractivity contribution in [3.05, 3.63) is 59.8 Å². The van der Waals surface area contributed by atoms with Crippen molar-refractivity contribution >= 4 is 22.7 Å². The summed E-state index contributed by atoms with van der Waals surface area (Å²) in [4.78, 5) is 8.53. The first-order chi connectivity index (χ1) is 11.7. The molecule has 1 aliphatic rings. The van der Waals surface area contributed by atoms with Crippen molar-refractivity contribution in [2.24, 2.45) is 0 Å². The molecule has 2 nitrogen and oxygen atoms in total. The van der Waals surface area contributed by atoms with Crippen LogP contribution in [0.1, 0.15) is 29.9 Å². The summed E-state index contributed by atoms with van der Waals surface area (Å²) in [7, 11) is 2.22. The van der Waals surface area contributed by atoms with E-state index in [1.807, 2.05) is 11.8 Å². The second-order valence-electron chi connectivity index (χ2n) is 6.94. The lowest BCUT2D eigenvalue weighted by molar-refractivity contribution is 0.256. The third-order valence-corrected chi connectivity index (χ3v) is 6.10. The quantitative estimate of drug-likeness (QED) is 0.687. The number of nitrogens with one attached hydrogen (secondary N) is 1. The lowest BCUT2D eigenvalue weighted by Crippen LogP contribution is -2.29. The Morgan fingerprint density at radius 1 is 1.00 bits per heavy atom. The molecule has 0 amide bonds. The third-order valence-electron chi connectivity index (χ3n) is 5.10. The Kier molecular flexibility index (Phi) is 4.38. The number of likely N-dealkylation sites (tertiary alicyclic amines) is 1. The van der Waals surface area contributed by atoms with Gasteiger partial charge in [-0.05, 0) is 75.6 Å². The van der Waals surface area contributed by atoms with Gasteiger partial charge in [0, 0.05) is 26.9 Å². The predicted octanol–water partition coefficient (Wildman–Crippen LogP) is 5.44. The highest BCUT2D eigenvalue weighted by molar-refractivity contribution is 7.99. The molecule has 2 aromatic carbocycles. The van der Waals surface area contributed by atoms with Crippen molar-refractivity contribution in [1.82, 2.24) is 9.88 Å². The van der Waals surface area contributed by atoms with Crippen LogP contribution in [0.15, 0.2) is 58.5 Å². The van der Waals surface area contributed by atoms with E-state index < -0.39 is 0 Å². The molecule has 1 fully saturated rings. The standard InChI is InChI=1S/C21H24N2S/c1-15-3-5-17(6-4-15)24-18-7-8-19-20(14-22-21(19)13-18)16-9-11-23(2)12-10-16/h3-8,13-14,16,22H,9-12H2,1-2H3. The second-order valence-corrected chi connectivity index (χ2v) is 8.09. The number of aryl methyl sites for hydroxylation is 1. The molecular weight excluding hydrogens is 312 g/mol. The summed E-state index contributed by atoms with van der Waals surface area (Å²) in [5.74, 6) is 0.700. The van der Waals surface area contributed by atoms with E-state index in [4.69, 9.17) is 0 Å². The van der Waals surface area contributed by atoms with Crippen molar-refractivity contribution in [3.63, 3.8) is 0 Å². The summed E-state index contributed by atoms with van der Waals surface area (Å²) in [5.41, 5.74) is 4.08. The monoisotopic (exact) mass is 336 g/mol. The van der Waals surface area contributed by atoms with Gasteiger partial charge < -0.3 is 9.88 Å². The third kappa shape index (κ3) is 3.24. The van der Waals surface area contributed by atoms with Crippen LogP contribution in [-0.2, 0) is 0 Å². The van der Waals surface area contributed by atoms with Crippen molar-refractivity contribution < 1.29 is 0 Å². The first kappa shape index (κ1) is 15.8. The van der Waals surface area contributed by atoms with E-state index in [0.717, 1.165) is 0 Å². The fourth-order valence-corrected chi connectivity index (χ4v) is 4.45. The molecule has 4 rings (SSSR count). The number of benzene rings is 2. The predicted molar refractivity (Wildman–Crippen MR) is 103 cm³/mol. The number of piperidine rings is 1. The Labute approximate surface area is 148 Å². The minimum absolute atomic E-state index is 0.700. The Morgan fingerprint density at radius 3 is 2.46 bits per heavy atom. The highest BCUT2D eigenvalue weighted by atomic mass is 32.2. The molecule has 1 N–H and O–H groups in total. The van der Waals surface area contributed by atoms with Gasteiger partial charge >= 0.3 is 0 Å². The first-order valence-corrected chi connectivity index (χ1v) is 9.55. The molecule has 1 aromatic heterocycles. The number of nitrogens with zero attached hydrogens (tertiary/aromatic N) is 1. The maximum atomic E-state index is 3.51. The summed E-state index contributed by atoms with van der Waals surface area (Å²) in [6.45, 7) is 4.54. The lowest BCUT2D eigenvalue weighted by Gasteiger charge is -2.28. The van der Waals surface area contributed by atoms with Crippen LogP contribution in [0, 0.1) is 6.92 Å². The van der Waals surface area contributed by atoms with Gasteiger partial charge in [0.05, 0.1) is 0 Å². The van der Waals surface area contributed by atoms with Crippen molar-refractivity contribution in [2.75, 3.05) is 20.1 Å². The lowest BCUT2D eigenvalue weighted by atomic mass is 9.89. The maximum Gasteiger partial charge on any atom is 0.0468 e. The normalized spacial score (nSPS) is 16.8. The van der Waals surface area contributed by atoms with Crippen molar-refractivity contribution in [3.8, 4) is 0 Å². The van der Waals surface area contributed by atoms with Gasteiger partial charge in [0.1, 0.15) is 0 Å². The van der Waals surface area contributed by atoms with Crippen molar-refractivity contribution in [1.29, 1.82) is 0 Å². The van der Waals surface area contributed by atoms with E-state index in [1.54, 1.807) is 0 Å². The van der Waals surface area contributed by atoms with Gasteiger partial charge in [-0.2, -0.15) is 0 Å². The van der Waals surface area contributed by atoms with Crippen LogP contribution in [0.3, 0.4) is 0 Å². The molecule has 0 spiro atoms. The zero-order valence-electron chi connectivity index (χ0n) is 14.4. The van der Waals surface area contributed by atoms with Crippen molar-refractivity contribution in [2.45, 2.75) is 35.5 Å². The van der Waals surface area contributed by atoms with Crippen LogP contribution in [-0.4, -0.2) is 30.0 Å². The maximum absolute atomic E-state index is 3.51. The summed E-state index contributed by atoms with van der Waals surface area (Å²) < 4.78 is 0. The molecule has 3 aromatic rings. The van der Waals surface area contributed by atoms with E-state index in [2.05, 4.69) is 72.5 Å². The number of hydrogen-bond acceptors (Lipinski definition) is 2. The molecule has 0 bridgehead atoms. The molecule has 3 heteroatoms.